The van der Waals surface area contributed by atoms with E-state index in [1.165, 1.54) is 18.2 Å². The van der Waals surface area contributed by atoms with Gasteiger partial charge in [0.1, 0.15) is 0 Å². The first-order valence-corrected chi connectivity index (χ1v) is 8.59. The van der Waals surface area contributed by atoms with Crippen molar-refractivity contribution in [3.63, 3.8) is 0 Å². The molecule has 10 heteroatoms. The fraction of sp³-hybridized carbons (Fsp3) is 0.462. The summed E-state index contributed by atoms with van der Waals surface area (Å²) in [6.07, 6.45) is -4.31. The molecule has 0 radical (unpaired) electrons. The molecule has 0 spiro atoms. The van der Waals surface area contributed by atoms with Crippen LogP contribution in [-0.2, 0) is 9.84 Å². The molecule has 1 unspecified atom stereocenters. The molecule has 0 bridgehead atoms. The maximum atomic E-state index is 12.3. The monoisotopic (exact) mass is 351 g/mol. The summed E-state index contributed by atoms with van der Waals surface area (Å²) in [4.78, 5) is 3.99. The number of hydrogen-bond acceptors (Lipinski definition) is 4. The number of para-hydroxylation sites is 2. The summed E-state index contributed by atoms with van der Waals surface area (Å²) >= 11 is 0. The minimum absolute atomic E-state index is 0.0186. The quantitative estimate of drug-likeness (QED) is 0.637. The average Bonchev–Trinajstić information content (AvgIpc) is 2.77. The summed E-state index contributed by atoms with van der Waals surface area (Å²) in [5.41, 5.74) is 5.66. The minimum Gasteiger partial charge on any atom is -0.404 e. The van der Waals surface area contributed by atoms with Crippen molar-refractivity contribution in [2.75, 3.05) is 23.4 Å². The van der Waals surface area contributed by atoms with E-state index in [9.17, 15) is 21.6 Å². The van der Waals surface area contributed by atoms with Crippen LogP contribution < -0.4 is 15.8 Å². The number of halogens is 3. The summed E-state index contributed by atoms with van der Waals surface area (Å²) in [6.45, 7) is 0.195. The van der Waals surface area contributed by atoms with Crippen LogP contribution in [0.15, 0.2) is 29.3 Å². The van der Waals surface area contributed by atoms with Gasteiger partial charge in [0.2, 0.25) is 0 Å². The highest BCUT2D eigenvalue weighted by atomic mass is 32.2. The van der Waals surface area contributed by atoms with E-state index >= 15 is 0 Å². The van der Waals surface area contributed by atoms with Gasteiger partial charge in [0.05, 0.1) is 17.2 Å². The molecule has 0 aromatic heterocycles. The van der Waals surface area contributed by atoms with Crippen LogP contribution in [0.5, 0.6) is 5.75 Å². The first-order valence-electron chi connectivity index (χ1n) is 6.77. The van der Waals surface area contributed by atoms with Crippen LogP contribution in [0, 0.1) is 5.92 Å². The minimum atomic E-state index is -4.82. The Morgan fingerprint density at radius 1 is 1.39 bits per heavy atom. The second-order valence-electron chi connectivity index (χ2n) is 5.16. The van der Waals surface area contributed by atoms with Crippen molar-refractivity contribution < 1.29 is 26.3 Å². The largest absolute Gasteiger partial charge is 0.573 e. The molecular formula is C13H16F3N3O3S. The van der Waals surface area contributed by atoms with Crippen LogP contribution in [0.25, 0.3) is 0 Å². The van der Waals surface area contributed by atoms with E-state index in [1.807, 2.05) is 0 Å². The molecule has 1 aromatic carbocycles. The van der Waals surface area contributed by atoms with Gasteiger partial charge in [-0.2, -0.15) is 0 Å². The van der Waals surface area contributed by atoms with Crippen molar-refractivity contribution in [1.29, 1.82) is 0 Å². The number of anilines is 1. The predicted molar refractivity (Wildman–Crippen MR) is 80.0 cm³/mol. The Morgan fingerprint density at radius 3 is 2.70 bits per heavy atom. The standard InChI is InChI=1S/C13H16F3N3O3S/c14-13(15,16)22-11-4-2-1-3-10(11)19-12(17)18-7-9-5-6-23(20,21)8-9/h1-4,9H,5-8H2,(H3,17,18,19). The summed E-state index contributed by atoms with van der Waals surface area (Å²) in [7, 11) is -3.00. The zero-order valence-electron chi connectivity index (χ0n) is 12.0. The number of nitrogens with one attached hydrogen (secondary N) is 1. The maximum absolute atomic E-state index is 12.3. The highest BCUT2D eigenvalue weighted by Crippen LogP contribution is 2.29. The van der Waals surface area contributed by atoms with Crippen LogP contribution in [0.3, 0.4) is 0 Å². The molecule has 1 aromatic rings. The molecule has 1 saturated heterocycles. The number of aliphatic imine (C=N–C) groups is 1. The van der Waals surface area contributed by atoms with Gasteiger partial charge in [-0.05, 0) is 24.5 Å². The molecular weight excluding hydrogens is 335 g/mol. The summed E-state index contributed by atoms with van der Waals surface area (Å²) in [6, 6.07) is 5.42. The average molecular weight is 351 g/mol. The Bertz CT molecular complexity index is 689. The number of nitrogens with zero attached hydrogens (tertiary/aromatic N) is 1. The van der Waals surface area contributed by atoms with Gasteiger partial charge < -0.3 is 15.8 Å². The summed E-state index contributed by atoms with van der Waals surface area (Å²) < 4.78 is 63.5. The fourth-order valence-electron chi connectivity index (χ4n) is 2.20. The van der Waals surface area contributed by atoms with Crippen molar-refractivity contribution in [3.8, 4) is 5.75 Å². The van der Waals surface area contributed by atoms with Gasteiger partial charge in [0.25, 0.3) is 0 Å². The number of nitrogens with two attached hydrogens (primary N) is 1. The molecule has 128 valence electrons. The Kier molecular flexibility index (Phi) is 5.03. The lowest BCUT2D eigenvalue weighted by Gasteiger charge is -2.14. The summed E-state index contributed by atoms with van der Waals surface area (Å²) in [5.74, 6) is -0.475. The molecule has 0 amide bonds. The number of rotatable bonds is 4. The lowest BCUT2D eigenvalue weighted by molar-refractivity contribution is -0.274. The van der Waals surface area contributed by atoms with E-state index in [1.54, 1.807) is 0 Å². The van der Waals surface area contributed by atoms with Crippen molar-refractivity contribution in [3.05, 3.63) is 24.3 Å². The third kappa shape index (κ3) is 5.62. The number of benzene rings is 1. The van der Waals surface area contributed by atoms with Gasteiger partial charge in [0.15, 0.2) is 21.5 Å². The second kappa shape index (κ2) is 6.65. The molecule has 1 heterocycles. The molecule has 1 atom stereocenters. The molecule has 2 rings (SSSR count). The van der Waals surface area contributed by atoms with E-state index in [2.05, 4.69) is 15.0 Å². The van der Waals surface area contributed by atoms with Crippen LogP contribution in [-0.4, -0.2) is 38.8 Å². The predicted octanol–water partition coefficient (Wildman–Crippen LogP) is 1.75. The molecule has 3 N–H and O–H groups in total. The normalized spacial score (nSPS) is 21.2. The lowest BCUT2D eigenvalue weighted by atomic mass is 10.1. The molecule has 23 heavy (non-hydrogen) atoms. The Balaban J connectivity index is 2.00. The fourth-order valence-corrected chi connectivity index (χ4v) is 4.05. The van der Waals surface area contributed by atoms with E-state index in [0.717, 1.165) is 6.07 Å². The third-order valence-corrected chi connectivity index (χ3v) is 5.06. The Hall–Kier alpha value is -1.97. The second-order valence-corrected chi connectivity index (χ2v) is 7.39. The number of guanidine groups is 1. The highest BCUT2D eigenvalue weighted by Gasteiger charge is 2.32. The van der Waals surface area contributed by atoms with Crippen molar-refractivity contribution in [2.24, 2.45) is 16.6 Å². The Labute approximate surface area is 131 Å². The summed E-state index contributed by atoms with van der Waals surface area (Å²) in [5, 5.41) is 2.53. The first-order chi connectivity index (χ1) is 10.6. The van der Waals surface area contributed by atoms with Crippen molar-refractivity contribution in [1.82, 2.24) is 0 Å². The number of hydrogen-bond donors (Lipinski definition) is 2. The zero-order chi connectivity index (χ0) is 17.1. The van der Waals surface area contributed by atoms with Gasteiger partial charge in [-0.15, -0.1) is 13.2 Å². The van der Waals surface area contributed by atoms with E-state index < -0.39 is 21.9 Å². The van der Waals surface area contributed by atoms with Gasteiger partial charge in [-0.1, -0.05) is 12.1 Å². The van der Waals surface area contributed by atoms with Crippen LogP contribution in [0.4, 0.5) is 18.9 Å². The lowest BCUT2D eigenvalue weighted by Crippen LogP contribution is -2.25. The number of sulfone groups is 1. The topological polar surface area (TPSA) is 93.8 Å². The molecule has 0 saturated carbocycles. The van der Waals surface area contributed by atoms with Crippen LogP contribution in [0.1, 0.15) is 6.42 Å². The van der Waals surface area contributed by atoms with E-state index in [-0.39, 0.29) is 35.6 Å². The van der Waals surface area contributed by atoms with Gasteiger partial charge >= 0.3 is 6.36 Å². The van der Waals surface area contributed by atoms with E-state index in [4.69, 9.17) is 5.73 Å². The number of ether oxygens (including phenoxy) is 1. The SMILES string of the molecule is NC(=NCC1CCS(=O)(=O)C1)Nc1ccccc1OC(F)(F)F. The van der Waals surface area contributed by atoms with Crippen molar-refractivity contribution >= 4 is 21.5 Å². The number of alkyl halides is 3. The van der Waals surface area contributed by atoms with Crippen LogP contribution in [0.2, 0.25) is 0 Å². The Morgan fingerprint density at radius 2 is 2.09 bits per heavy atom. The maximum Gasteiger partial charge on any atom is 0.573 e. The highest BCUT2D eigenvalue weighted by molar-refractivity contribution is 7.91. The molecule has 1 aliphatic heterocycles. The smallest absolute Gasteiger partial charge is 0.404 e. The van der Waals surface area contributed by atoms with Gasteiger partial charge in [-0.25, -0.2) is 8.42 Å². The molecule has 0 aliphatic carbocycles. The zero-order valence-corrected chi connectivity index (χ0v) is 12.8. The molecule has 6 nitrogen and oxygen atoms in total. The first kappa shape index (κ1) is 17.4. The third-order valence-electron chi connectivity index (χ3n) is 3.22. The van der Waals surface area contributed by atoms with Gasteiger partial charge in [0, 0.05) is 6.54 Å². The molecule has 1 aliphatic rings. The van der Waals surface area contributed by atoms with Crippen molar-refractivity contribution in [2.45, 2.75) is 12.8 Å². The molecule has 1 fully saturated rings. The van der Waals surface area contributed by atoms with Gasteiger partial charge in [-0.3, -0.25) is 4.99 Å². The van der Waals surface area contributed by atoms with E-state index in [0.29, 0.717) is 6.42 Å². The van der Waals surface area contributed by atoms with Crippen LogP contribution >= 0.6 is 0 Å².